The van der Waals surface area contributed by atoms with Gasteiger partial charge in [0.1, 0.15) is 17.2 Å². The van der Waals surface area contributed by atoms with Crippen LogP contribution in [0, 0.1) is 0 Å². The summed E-state index contributed by atoms with van der Waals surface area (Å²) in [5.41, 5.74) is 1.90. The van der Waals surface area contributed by atoms with Crippen LogP contribution in [0.2, 0.25) is 0 Å². The van der Waals surface area contributed by atoms with Crippen molar-refractivity contribution < 1.29 is 23.4 Å². The highest BCUT2D eigenvalue weighted by Crippen LogP contribution is 2.41. The van der Waals surface area contributed by atoms with Crippen LogP contribution in [0.1, 0.15) is 17.0 Å². The molecular weight excluding hydrogens is 332 g/mol. The highest BCUT2D eigenvalue weighted by atomic mass is 32.2. The Labute approximate surface area is 138 Å². The van der Waals surface area contributed by atoms with Crippen molar-refractivity contribution in [3.8, 4) is 11.5 Å². The van der Waals surface area contributed by atoms with Gasteiger partial charge in [0.2, 0.25) is 5.88 Å². The Morgan fingerprint density at radius 1 is 1.17 bits per heavy atom. The maximum Gasteiger partial charge on any atom is 0.330 e. The van der Waals surface area contributed by atoms with Crippen LogP contribution >= 0.6 is 0 Å². The van der Waals surface area contributed by atoms with Crippen LogP contribution in [0.5, 0.6) is 11.5 Å². The fourth-order valence-corrected chi connectivity index (χ4v) is 4.04. The van der Waals surface area contributed by atoms with Gasteiger partial charge in [-0.2, -0.15) is 8.42 Å². The van der Waals surface area contributed by atoms with Gasteiger partial charge in [-0.3, -0.25) is 0 Å². The van der Waals surface area contributed by atoms with E-state index < -0.39 is 16.1 Å². The molecule has 7 nitrogen and oxygen atoms in total. The highest BCUT2D eigenvalue weighted by molar-refractivity contribution is 7.91. The van der Waals surface area contributed by atoms with Crippen LogP contribution in [0.4, 0.5) is 5.69 Å². The number of rotatable bonds is 2. The number of nitrogens with one attached hydrogen (secondary N) is 1. The molecule has 24 heavy (non-hydrogen) atoms. The van der Waals surface area contributed by atoms with E-state index in [0.29, 0.717) is 6.61 Å². The average Bonchev–Trinajstić information content (AvgIpc) is 3.07. The fourth-order valence-electron chi connectivity index (χ4n) is 2.97. The maximum absolute atomic E-state index is 11.9. The summed E-state index contributed by atoms with van der Waals surface area (Å²) in [6, 6.07) is 12.4. The summed E-state index contributed by atoms with van der Waals surface area (Å²) in [4.78, 5) is 0. The molecule has 0 saturated heterocycles. The molecule has 124 valence electrons. The number of phenols is 1. The predicted molar refractivity (Wildman–Crippen MR) is 87.1 cm³/mol. The largest absolute Gasteiger partial charge is 0.506 e. The van der Waals surface area contributed by atoms with Gasteiger partial charge in [0.25, 0.3) is 0 Å². The van der Waals surface area contributed by atoms with E-state index in [1.54, 1.807) is 6.07 Å². The Balaban J connectivity index is 1.72. The van der Waals surface area contributed by atoms with Gasteiger partial charge < -0.3 is 14.9 Å². The minimum atomic E-state index is -3.94. The molecule has 0 aliphatic carbocycles. The van der Waals surface area contributed by atoms with Crippen LogP contribution in [0.25, 0.3) is 0 Å². The van der Waals surface area contributed by atoms with Crippen LogP contribution in [-0.2, 0) is 10.2 Å². The van der Waals surface area contributed by atoms with E-state index in [2.05, 4.69) is 0 Å². The molecule has 0 spiro atoms. The van der Waals surface area contributed by atoms with E-state index in [4.69, 9.17) is 4.74 Å². The molecule has 0 radical (unpaired) electrons. The minimum absolute atomic E-state index is 0.0293. The molecule has 1 atom stereocenters. The Morgan fingerprint density at radius 2 is 1.96 bits per heavy atom. The lowest BCUT2D eigenvalue weighted by Gasteiger charge is -2.17. The second kappa shape index (κ2) is 5.07. The van der Waals surface area contributed by atoms with Crippen LogP contribution in [0.3, 0.4) is 0 Å². The number of ether oxygens (including phenoxy) is 1. The average molecular weight is 346 g/mol. The van der Waals surface area contributed by atoms with Crippen LogP contribution < -0.4 is 13.8 Å². The molecule has 2 aromatic rings. The number of nitrogens with zero attached hydrogens (tertiary/aromatic N) is 1. The third-order valence-electron chi connectivity index (χ3n) is 4.07. The number of para-hydroxylation sites is 1. The smallest absolute Gasteiger partial charge is 0.330 e. The quantitative estimate of drug-likeness (QED) is 0.772. The third kappa shape index (κ3) is 2.23. The van der Waals surface area contributed by atoms with E-state index in [1.807, 2.05) is 29.0 Å². The lowest BCUT2D eigenvalue weighted by Crippen LogP contribution is -2.29. The summed E-state index contributed by atoms with van der Waals surface area (Å²) in [5.74, 6) is 0.0773. The number of anilines is 1. The number of phenolic OH excluding ortho intramolecular Hbond substituents is 1. The predicted octanol–water partition coefficient (Wildman–Crippen LogP) is 1.93. The van der Waals surface area contributed by atoms with E-state index in [0.717, 1.165) is 27.4 Å². The number of aliphatic hydroxyl groups excluding tert-OH is 1. The molecule has 2 aliphatic rings. The van der Waals surface area contributed by atoms with Crippen molar-refractivity contribution in [2.45, 2.75) is 5.92 Å². The fraction of sp³-hybridized carbons (Fsp3) is 0.125. The number of aromatic hydroxyl groups is 1. The highest BCUT2D eigenvalue weighted by Gasteiger charge is 2.31. The van der Waals surface area contributed by atoms with Gasteiger partial charge in [0, 0.05) is 11.5 Å². The molecule has 4 rings (SSSR count). The van der Waals surface area contributed by atoms with E-state index in [-0.39, 0.29) is 17.4 Å². The lowest BCUT2D eigenvalue weighted by atomic mass is 9.93. The number of hydrogen-bond acceptors (Lipinski definition) is 5. The Morgan fingerprint density at radius 3 is 2.67 bits per heavy atom. The topological polar surface area (TPSA) is 99.1 Å². The first-order valence-electron chi connectivity index (χ1n) is 7.23. The SMILES string of the molecule is O=S1(=O)NC(O)=CN1c1ccc(C2COc3ccccc32)cc1O. The summed E-state index contributed by atoms with van der Waals surface area (Å²) in [6.07, 6.45) is 0.998. The summed E-state index contributed by atoms with van der Waals surface area (Å²) in [7, 11) is -3.94. The number of benzene rings is 2. The number of hydrogen-bond donors (Lipinski definition) is 3. The zero-order valence-electron chi connectivity index (χ0n) is 12.4. The van der Waals surface area contributed by atoms with Crippen molar-refractivity contribution in [1.29, 1.82) is 0 Å². The van der Waals surface area contributed by atoms with E-state index >= 15 is 0 Å². The number of fused-ring (bicyclic) bond motifs is 1. The molecule has 2 aliphatic heterocycles. The van der Waals surface area contributed by atoms with Gasteiger partial charge in [-0.1, -0.05) is 24.3 Å². The van der Waals surface area contributed by atoms with Crippen molar-refractivity contribution in [1.82, 2.24) is 4.72 Å². The van der Waals surface area contributed by atoms with Gasteiger partial charge in [-0.25, -0.2) is 9.03 Å². The molecular formula is C16H14N2O5S. The standard InChI is InChI=1S/C16H14N2O5S/c19-14-7-10(12-9-23-15-4-2-1-3-11(12)15)5-6-13(14)18-8-16(20)17-24(18,21)22/h1-8,12,17,19-20H,9H2. The second-order valence-corrected chi connectivity index (χ2v) is 7.11. The van der Waals surface area contributed by atoms with Crippen molar-refractivity contribution in [2.24, 2.45) is 0 Å². The molecule has 0 amide bonds. The monoisotopic (exact) mass is 346 g/mol. The van der Waals surface area contributed by atoms with Gasteiger partial charge in [0.05, 0.1) is 12.8 Å². The van der Waals surface area contributed by atoms with E-state index in [1.165, 1.54) is 12.1 Å². The zero-order valence-corrected chi connectivity index (χ0v) is 13.2. The van der Waals surface area contributed by atoms with Crippen LogP contribution in [-0.4, -0.2) is 25.2 Å². The van der Waals surface area contributed by atoms with E-state index in [9.17, 15) is 18.6 Å². The van der Waals surface area contributed by atoms with Gasteiger partial charge >= 0.3 is 10.2 Å². The van der Waals surface area contributed by atoms with Crippen LogP contribution in [0.15, 0.2) is 54.5 Å². The van der Waals surface area contributed by atoms with Crippen molar-refractivity contribution in [2.75, 3.05) is 10.9 Å². The first-order chi connectivity index (χ1) is 11.5. The van der Waals surface area contributed by atoms with Crippen molar-refractivity contribution in [3.05, 3.63) is 65.7 Å². The van der Waals surface area contributed by atoms with Gasteiger partial charge in [0.15, 0.2) is 0 Å². The molecule has 0 fully saturated rings. The maximum atomic E-state index is 11.9. The third-order valence-corrected chi connectivity index (χ3v) is 5.36. The Kier molecular flexibility index (Phi) is 3.10. The molecule has 0 bridgehead atoms. The zero-order chi connectivity index (χ0) is 16.9. The molecule has 2 heterocycles. The van der Waals surface area contributed by atoms with Crippen molar-refractivity contribution >= 4 is 15.9 Å². The summed E-state index contributed by atoms with van der Waals surface area (Å²) in [5, 5.41) is 19.6. The molecule has 0 saturated carbocycles. The Hall–Kier alpha value is -2.87. The summed E-state index contributed by atoms with van der Waals surface area (Å²) in [6.45, 7) is 0.461. The summed E-state index contributed by atoms with van der Waals surface area (Å²) >= 11 is 0. The van der Waals surface area contributed by atoms with Gasteiger partial charge in [-0.15, -0.1) is 0 Å². The molecule has 8 heteroatoms. The molecule has 3 N–H and O–H groups in total. The summed E-state index contributed by atoms with van der Waals surface area (Å²) < 4.78 is 32.2. The second-order valence-electron chi connectivity index (χ2n) is 5.57. The first-order valence-corrected chi connectivity index (χ1v) is 8.67. The molecule has 0 aromatic heterocycles. The first kappa shape index (κ1) is 14.7. The number of aliphatic hydroxyl groups is 1. The molecule has 1 unspecified atom stereocenters. The normalized spacial score (nSPS) is 20.9. The van der Waals surface area contributed by atoms with Crippen molar-refractivity contribution in [3.63, 3.8) is 0 Å². The lowest BCUT2D eigenvalue weighted by molar-refractivity contribution is 0.343. The molecule has 2 aromatic carbocycles. The Bertz CT molecular complexity index is 955. The minimum Gasteiger partial charge on any atom is -0.506 e. The van der Waals surface area contributed by atoms with Gasteiger partial charge in [-0.05, 0) is 23.8 Å².